The molecule has 5 heteroatoms. The first-order chi connectivity index (χ1) is 30.2. The van der Waals surface area contributed by atoms with Crippen LogP contribution in [-0.4, -0.2) is 14.5 Å². The Labute approximate surface area is 354 Å². The van der Waals surface area contributed by atoms with Crippen molar-refractivity contribution < 1.29 is 4.42 Å². The van der Waals surface area contributed by atoms with Crippen molar-refractivity contribution in [2.24, 2.45) is 0 Å². The number of furan rings is 1. The molecule has 0 radical (unpaired) electrons. The van der Waals surface area contributed by atoms with E-state index in [2.05, 4.69) is 205 Å². The second kappa shape index (κ2) is 13.3. The Kier molecular flexibility index (Phi) is 7.44. The van der Waals surface area contributed by atoms with Crippen LogP contribution >= 0.6 is 11.3 Å². The molecule has 13 aromatic rings. The van der Waals surface area contributed by atoms with Gasteiger partial charge in [-0.05, 0) is 75.5 Å². The van der Waals surface area contributed by atoms with Gasteiger partial charge in [-0.2, -0.15) is 0 Å². The van der Waals surface area contributed by atoms with Gasteiger partial charge in [-0.15, -0.1) is 11.3 Å². The first kappa shape index (κ1) is 34.0. The quantitative estimate of drug-likeness (QED) is 0.174. The first-order valence-corrected chi connectivity index (χ1v) is 21.4. The second-order valence-corrected chi connectivity index (χ2v) is 16.7. The lowest BCUT2D eigenvalue weighted by molar-refractivity contribution is 0.669. The Bertz CT molecular complexity index is 3860. The van der Waals surface area contributed by atoms with Crippen molar-refractivity contribution in [3.63, 3.8) is 0 Å². The molecule has 4 heterocycles. The first-order valence-electron chi connectivity index (χ1n) is 20.6. The molecule has 0 bridgehead atoms. The summed E-state index contributed by atoms with van der Waals surface area (Å²) in [6.45, 7) is 0. The highest BCUT2D eigenvalue weighted by atomic mass is 32.1. The van der Waals surface area contributed by atoms with E-state index >= 15 is 0 Å². The third-order valence-corrected chi connectivity index (χ3v) is 13.4. The van der Waals surface area contributed by atoms with Crippen LogP contribution in [0.4, 0.5) is 0 Å². The summed E-state index contributed by atoms with van der Waals surface area (Å²) in [6, 6.07) is 71.3. The standard InChI is InChI=1S/C56H33N3OS/c1-3-14-34(15-4-1)35-26-28-37(29-27-35)53-55-54(42-21-10-12-25-49(42)61-55)58-56(57-53)43-22-13-24-48-51(43)44-33-39(30-31-47(44)60-48)59-45-23-11-9-20-41(45)52-46(59)32-38-18-7-8-19-40(38)50(52)36-16-5-2-6-17-36/h1-33H. The molecular formula is C56H33N3OS. The highest BCUT2D eigenvalue weighted by molar-refractivity contribution is 7.26. The van der Waals surface area contributed by atoms with E-state index in [1.807, 2.05) is 0 Å². The third kappa shape index (κ3) is 5.24. The number of benzene rings is 9. The van der Waals surface area contributed by atoms with Gasteiger partial charge in [-0.3, -0.25) is 0 Å². The summed E-state index contributed by atoms with van der Waals surface area (Å²) >= 11 is 1.75. The minimum absolute atomic E-state index is 0.674. The van der Waals surface area contributed by atoms with Crippen molar-refractivity contribution in [3.8, 4) is 50.6 Å². The maximum absolute atomic E-state index is 6.65. The van der Waals surface area contributed by atoms with Gasteiger partial charge in [0.25, 0.3) is 0 Å². The number of para-hydroxylation sites is 1. The van der Waals surface area contributed by atoms with E-state index in [9.17, 15) is 0 Å². The molecule has 0 spiro atoms. The molecule has 13 rings (SSSR count). The fraction of sp³-hybridized carbons (Fsp3) is 0. The average Bonchev–Trinajstić information content (AvgIpc) is 4.00. The number of fused-ring (bicyclic) bond motifs is 10. The lowest BCUT2D eigenvalue weighted by Gasteiger charge is -2.12. The zero-order valence-corrected chi connectivity index (χ0v) is 33.5. The zero-order valence-electron chi connectivity index (χ0n) is 32.7. The molecule has 0 N–H and O–H groups in total. The Hall–Kier alpha value is -7.86. The topological polar surface area (TPSA) is 43.9 Å². The molecule has 4 nitrogen and oxygen atoms in total. The molecule has 0 atom stereocenters. The molecule has 284 valence electrons. The Morgan fingerprint density at radius 2 is 1.13 bits per heavy atom. The molecule has 0 amide bonds. The fourth-order valence-electron chi connectivity index (χ4n) is 9.47. The zero-order chi connectivity index (χ0) is 40.0. The van der Waals surface area contributed by atoms with E-state index in [1.165, 1.54) is 48.5 Å². The van der Waals surface area contributed by atoms with Gasteiger partial charge in [0.15, 0.2) is 5.82 Å². The van der Waals surface area contributed by atoms with Crippen molar-refractivity contribution >= 4 is 86.2 Å². The van der Waals surface area contributed by atoms with Crippen molar-refractivity contribution in [2.45, 2.75) is 0 Å². The predicted octanol–water partition coefficient (Wildman–Crippen LogP) is 15.7. The summed E-state index contributed by atoms with van der Waals surface area (Å²) in [7, 11) is 0. The van der Waals surface area contributed by atoms with Crippen LogP contribution in [0.15, 0.2) is 205 Å². The van der Waals surface area contributed by atoms with Crippen LogP contribution in [0.3, 0.4) is 0 Å². The number of nitrogens with zero attached hydrogens (tertiary/aromatic N) is 3. The van der Waals surface area contributed by atoms with Gasteiger partial charge in [0.05, 0.1) is 26.9 Å². The lowest BCUT2D eigenvalue weighted by Crippen LogP contribution is -1.95. The van der Waals surface area contributed by atoms with E-state index in [-0.39, 0.29) is 0 Å². The van der Waals surface area contributed by atoms with Gasteiger partial charge < -0.3 is 8.98 Å². The molecule has 0 aliphatic rings. The number of rotatable bonds is 5. The summed E-state index contributed by atoms with van der Waals surface area (Å²) in [5.41, 5.74) is 13.7. The highest BCUT2D eigenvalue weighted by Crippen LogP contribution is 2.45. The van der Waals surface area contributed by atoms with Crippen LogP contribution in [0.25, 0.3) is 125 Å². The maximum atomic E-state index is 6.65. The lowest BCUT2D eigenvalue weighted by atomic mass is 9.93. The number of hydrogen-bond donors (Lipinski definition) is 0. The molecule has 0 saturated heterocycles. The largest absolute Gasteiger partial charge is 0.456 e. The number of hydrogen-bond acceptors (Lipinski definition) is 4. The minimum atomic E-state index is 0.674. The number of thiophene rings is 1. The van der Waals surface area contributed by atoms with E-state index in [4.69, 9.17) is 14.4 Å². The Morgan fingerprint density at radius 1 is 0.443 bits per heavy atom. The summed E-state index contributed by atoms with van der Waals surface area (Å²) in [5.74, 6) is 0.674. The minimum Gasteiger partial charge on any atom is -0.456 e. The van der Waals surface area contributed by atoms with Crippen molar-refractivity contribution in [1.29, 1.82) is 0 Å². The SMILES string of the molecule is c1ccc(-c2ccc(-c3nc(-c4cccc5oc6ccc(-n7c8ccccc8c8c(-c9ccccc9)c9ccccc9cc87)cc6c45)nc4c3sc3ccccc34)cc2)cc1. The summed E-state index contributed by atoms with van der Waals surface area (Å²) in [6.07, 6.45) is 0. The van der Waals surface area contributed by atoms with E-state index in [0.29, 0.717) is 5.82 Å². The highest BCUT2D eigenvalue weighted by Gasteiger charge is 2.23. The van der Waals surface area contributed by atoms with E-state index in [1.54, 1.807) is 11.3 Å². The normalized spacial score (nSPS) is 11.9. The molecular weight excluding hydrogens is 763 g/mol. The summed E-state index contributed by atoms with van der Waals surface area (Å²) in [4.78, 5) is 10.8. The van der Waals surface area contributed by atoms with E-state index < -0.39 is 0 Å². The van der Waals surface area contributed by atoms with Crippen LogP contribution in [0, 0.1) is 0 Å². The van der Waals surface area contributed by atoms with E-state index in [0.717, 1.165) is 71.1 Å². The van der Waals surface area contributed by atoms with Crippen molar-refractivity contribution in [2.75, 3.05) is 0 Å². The van der Waals surface area contributed by atoms with Gasteiger partial charge in [-0.25, -0.2) is 9.97 Å². The Balaban J connectivity index is 1.05. The van der Waals surface area contributed by atoms with Crippen LogP contribution in [0.5, 0.6) is 0 Å². The molecule has 9 aromatic carbocycles. The van der Waals surface area contributed by atoms with Crippen LogP contribution in [-0.2, 0) is 0 Å². The third-order valence-electron chi connectivity index (χ3n) is 12.2. The number of aromatic nitrogens is 3. The van der Waals surface area contributed by atoms with Crippen molar-refractivity contribution in [3.05, 3.63) is 200 Å². The Morgan fingerprint density at radius 3 is 1.97 bits per heavy atom. The summed E-state index contributed by atoms with van der Waals surface area (Å²) < 4.78 is 11.3. The van der Waals surface area contributed by atoms with Gasteiger partial charge in [0.2, 0.25) is 0 Å². The predicted molar refractivity (Wildman–Crippen MR) is 256 cm³/mol. The summed E-state index contributed by atoms with van der Waals surface area (Å²) in [5, 5.41) is 8.06. The molecule has 0 fully saturated rings. The smallest absolute Gasteiger partial charge is 0.161 e. The van der Waals surface area contributed by atoms with Gasteiger partial charge >= 0.3 is 0 Å². The monoisotopic (exact) mass is 795 g/mol. The molecule has 0 aliphatic carbocycles. The van der Waals surface area contributed by atoms with Gasteiger partial charge in [-0.1, -0.05) is 158 Å². The van der Waals surface area contributed by atoms with Crippen molar-refractivity contribution in [1.82, 2.24) is 14.5 Å². The molecule has 0 saturated carbocycles. The maximum Gasteiger partial charge on any atom is 0.161 e. The molecule has 0 aliphatic heterocycles. The van der Waals surface area contributed by atoms with Crippen LogP contribution in [0.1, 0.15) is 0 Å². The van der Waals surface area contributed by atoms with Crippen LogP contribution < -0.4 is 0 Å². The van der Waals surface area contributed by atoms with Crippen LogP contribution in [0.2, 0.25) is 0 Å². The fourth-order valence-corrected chi connectivity index (χ4v) is 10.6. The molecule has 0 unspecified atom stereocenters. The molecule has 4 aromatic heterocycles. The molecule has 61 heavy (non-hydrogen) atoms. The van der Waals surface area contributed by atoms with Gasteiger partial charge in [0.1, 0.15) is 11.2 Å². The average molecular weight is 796 g/mol. The van der Waals surface area contributed by atoms with Gasteiger partial charge in [0, 0.05) is 48.4 Å². The second-order valence-electron chi connectivity index (χ2n) is 15.7.